The molecule has 0 aromatic heterocycles. The number of carbonyl (C=O) groups is 4. The van der Waals surface area contributed by atoms with E-state index in [0.29, 0.717) is 6.42 Å². The van der Waals surface area contributed by atoms with E-state index in [0.717, 1.165) is 19.3 Å². The Morgan fingerprint density at radius 1 is 0.643 bits per heavy atom. The lowest BCUT2D eigenvalue weighted by Gasteiger charge is -2.34. The molecule has 4 N–H and O–H groups in total. The number of carboxylic acid groups (broad SMARTS) is 3. The van der Waals surface area contributed by atoms with Gasteiger partial charge in [-0.05, 0) is 25.7 Å². The van der Waals surface area contributed by atoms with Crippen molar-refractivity contribution in [3.8, 4) is 0 Å². The Morgan fingerprint density at radius 2 is 1.04 bits per heavy atom. The standard InChI is InChI=1S/C20H35NO7/c1-2-3-4-5-6-7-8-9-16(22)21-20(13-10-17(23)24,14-11-18(25)26)15-12-19(27)28/h2-15H2,1H3,(H,21,22)(H,23,24)(H,25,26)(H,27,28). The van der Waals surface area contributed by atoms with Crippen molar-refractivity contribution in [2.75, 3.05) is 0 Å². The Hall–Kier alpha value is -2.12. The number of hydrogen-bond donors (Lipinski definition) is 4. The van der Waals surface area contributed by atoms with Crippen molar-refractivity contribution in [3.05, 3.63) is 0 Å². The Morgan fingerprint density at radius 3 is 1.43 bits per heavy atom. The first-order valence-electron chi connectivity index (χ1n) is 10.2. The van der Waals surface area contributed by atoms with Gasteiger partial charge in [0.25, 0.3) is 0 Å². The highest BCUT2D eigenvalue weighted by molar-refractivity contribution is 5.77. The van der Waals surface area contributed by atoms with Gasteiger partial charge in [-0.3, -0.25) is 19.2 Å². The van der Waals surface area contributed by atoms with Gasteiger partial charge in [0.1, 0.15) is 0 Å². The molecular formula is C20H35NO7. The first-order valence-corrected chi connectivity index (χ1v) is 10.2. The Bertz CT molecular complexity index is 459. The van der Waals surface area contributed by atoms with Gasteiger partial charge in [0.05, 0.1) is 0 Å². The van der Waals surface area contributed by atoms with Crippen molar-refractivity contribution in [1.82, 2.24) is 5.32 Å². The molecule has 0 aliphatic carbocycles. The van der Waals surface area contributed by atoms with Crippen LogP contribution >= 0.6 is 0 Å². The zero-order chi connectivity index (χ0) is 21.4. The second-order valence-electron chi connectivity index (χ2n) is 7.38. The van der Waals surface area contributed by atoms with Crippen LogP contribution in [-0.2, 0) is 19.2 Å². The van der Waals surface area contributed by atoms with Gasteiger partial charge in [0.15, 0.2) is 0 Å². The number of amides is 1. The average molecular weight is 402 g/mol. The summed E-state index contributed by atoms with van der Waals surface area (Å²) in [7, 11) is 0. The molecule has 0 saturated heterocycles. The molecule has 0 rings (SSSR count). The van der Waals surface area contributed by atoms with Crippen molar-refractivity contribution >= 4 is 23.8 Å². The van der Waals surface area contributed by atoms with E-state index in [1.54, 1.807) is 0 Å². The van der Waals surface area contributed by atoms with Crippen LogP contribution in [0.3, 0.4) is 0 Å². The number of nitrogens with one attached hydrogen (secondary N) is 1. The summed E-state index contributed by atoms with van der Waals surface area (Å²) in [5.74, 6) is -3.50. The van der Waals surface area contributed by atoms with Crippen LogP contribution in [0.25, 0.3) is 0 Å². The van der Waals surface area contributed by atoms with Crippen molar-refractivity contribution < 1.29 is 34.5 Å². The van der Waals surface area contributed by atoms with E-state index in [1.807, 2.05) is 0 Å². The number of carboxylic acids is 3. The fourth-order valence-electron chi connectivity index (χ4n) is 3.20. The molecule has 8 heteroatoms. The fraction of sp³-hybridized carbons (Fsp3) is 0.800. The predicted octanol–water partition coefficient (Wildman–Crippen LogP) is 3.58. The lowest BCUT2D eigenvalue weighted by molar-refractivity contribution is -0.139. The van der Waals surface area contributed by atoms with E-state index in [1.165, 1.54) is 19.3 Å². The normalized spacial score (nSPS) is 11.2. The molecule has 0 spiro atoms. The third kappa shape index (κ3) is 14.0. The molecule has 0 saturated carbocycles. The molecule has 28 heavy (non-hydrogen) atoms. The maximum absolute atomic E-state index is 12.4. The van der Waals surface area contributed by atoms with E-state index in [4.69, 9.17) is 15.3 Å². The maximum atomic E-state index is 12.4. The van der Waals surface area contributed by atoms with Gasteiger partial charge in [0, 0.05) is 31.2 Å². The molecule has 0 aromatic carbocycles. The Kier molecular flexibility index (Phi) is 13.8. The van der Waals surface area contributed by atoms with Gasteiger partial charge < -0.3 is 20.6 Å². The molecule has 0 aromatic rings. The van der Waals surface area contributed by atoms with Crippen molar-refractivity contribution in [2.24, 2.45) is 0 Å². The summed E-state index contributed by atoms with van der Waals surface area (Å²) >= 11 is 0. The summed E-state index contributed by atoms with van der Waals surface area (Å²) < 4.78 is 0. The Balaban J connectivity index is 4.78. The van der Waals surface area contributed by atoms with Crippen LogP contribution in [0.15, 0.2) is 0 Å². The summed E-state index contributed by atoms with van der Waals surface area (Å²) in [5.41, 5.74) is -1.13. The van der Waals surface area contributed by atoms with Crippen LogP contribution in [-0.4, -0.2) is 44.7 Å². The summed E-state index contributed by atoms with van der Waals surface area (Å²) in [6.07, 6.45) is 6.86. The molecule has 0 bridgehead atoms. The van der Waals surface area contributed by atoms with Crippen LogP contribution in [0.5, 0.6) is 0 Å². The van der Waals surface area contributed by atoms with E-state index >= 15 is 0 Å². The second-order valence-corrected chi connectivity index (χ2v) is 7.38. The molecule has 162 valence electrons. The van der Waals surface area contributed by atoms with Gasteiger partial charge >= 0.3 is 17.9 Å². The lowest BCUT2D eigenvalue weighted by atomic mass is 9.83. The predicted molar refractivity (Wildman–Crippen MR) is 104 cm³/mol. The first-order chi connectivity index (χ1) is 13.2. The first kappa shape index (κ1) is 25.9. The second kappa shape index (κ2) is 14.9. The summed E-state index contributed by atoms with van der Waals surface area (Å²) in [4.78, 5) is 45.3. The van der Waals surface area contributed by atoms with Gasteiger partial charge in [-0.15, -0.1) is 0 Å². The molecule has 0 unspecified atom stereocenters. The van der Waals surface area contributed by atoms with Crippen LogP contribution in [0.1, 0.15) is 96.8 Å². The van der Waals surface area contributed by atoms with Gasteiger partial charge in [0.2, 0.25) is 5.91 Å². The highest BCUT2D eigenvalue weighted by Crippen LogP contribution is 2.26. The maximum Gasteiger partial charge on any atom is 0.303 e. The zero-order valence-electron chi connectivity index (χ0n) is 16.9. The minimum absolute atomic E-state index is 0.00561. The van der Waals surface area contributed by atoms with Gasteiger partial charge in [-0.2, -0.15) is 0 Å². The summed E-state index contributed by atoms with van der Waals surface area (Å²) in [6, 6.07) is 0. The molecule has 0 atom stereocenters. The van der Waals surface area contributed by atoms with Crippen molar-refractivity contribution in [3.63, 3.8) is 0 Å². The summed E-state index contributed by atoms with van der Waals surface area (Å²) in [5, 5.41) is 29.7. The van der Waals surface area contributed by atoms with Gasteiger partial charge in [-0.25, -0.2) is 0 Å². The van der Waals surface area contributed by atoms with Crippen LogP contribution in [0.2, 0.25) is 0 Å². The van der Waals surface area contributed by atoms with E-state index in [-0.39, 0.29) is 50.9 Å². The van der Waals surface area contributed by atoms with Gasteiger partial charge in [-0.1, -0.05) is 45.4 Å². The largest absolute Gasteiger partial charge is 0.481 e. The number of unbranched alkanes of at least 4 members (excludes halogenated alkanes) is 6. The molecule has 0 aliphatic rings. The van der Waals surface area contributed by atoms with Crippen LogP contribution in [0.4, 0.5) is 0 Å². The monoisotopic (exact) mass is 401 g/mol. The Labute approximate surface area is 166 Å². The lowest BCUT2D eigenvalue weighted by Crippen LogP contribution is -2.49. The molecule has 1 amide bonds. The third-order valence-electron chi connectivity index (χ3n) is 4.86. The van der Waals surface area contributed by atoms with E-state index < -0.39 is 23.4 Å². The summed E-state index contributed by atoms with van der Waals surface area (Å²) in [6.45, 7) is 2.15. The quantitative estimate of drug-likeness (QED) is 0.257. The smallest absolute Gasteiger partial charge is 0.303 e. The molecule has 0 heterocycles. The molecule has 0 aliphatic heterocycles. The number of carbonyl (C=O) groups excluding carboxylic acids is 1. The number of rotatable bonds is 18. The minimum Gasteiger partial charge on any atom is -0.481 e. The average Bonchev–Trinajstić information content (AvgIpc) is 2.62. The van der Waals surface area contributed by atoms with Crippen molar-refractivity contribution in [2.45, 2.75) is 102 Å². The van der Waals surface area contributed by atoms with E-state index in [9.17, 15) is 19.2 Å². The topological polar surface area (TPSA) is 141 Å². The number of hydrogen-bond acceptors (Lipinski definition) is 4. The molecular weight excluding hydrogens is 366 g/mol. The van der Waals surface area contributed by atoms with E-state index in [2.05, 4.69) is 12.2 Å². The highest BCUT2D eigenvalue weighted by atomic mass is 16.4. The molecule has 8 nitrogen and oxygen atoms in total. The SMILES string of the molecule is CCCCCCCCCC(=O)NC(CCC(=O)O)(CCC(=O)O)CCC(=O)O. The molecule has 0 fully saturated rings. The third-order valence-corrected chi connectivity index (χ3v) is 4.86. The minimum atomic E-state index is -1.13. The van der Waals surface area contributed by atoms with Crippen LogP contribution < -0.4 is 5.32 Å². The van der Waals surface area contributed by atoms with Crippen molar-refractivity contribution in [1.29, 1.82) is 0 Å². The zero-order valence-corrected chi connectivity index (χ0v) is 16.9. The number of aliphatic carboxylic acids is 3. The highest BCUT2D eigenvalue weighted by Gasteiger charge is 2.33. The fourth-order valence-corrected chi connectivity index (χ4v) is 3.20. The van der Waals surface area contributed by atoms with Crippen LogP contribution in [0, 0.1) is 0 Å². The molecule has 0 radical (unpaired) electrons.